The summed E-state index contributed by atoms with van der Waals surface area (Å²) in [7, 11) is 0. The van der Waals surface area contributed by atoms with Crippen LogP contribution in [-0.2, 0) is 9.59 Å². The Balaban J connectivity index is 1.70. The number of aromatic nitrogens is 2. The van der Waals surface area contributed by atoms with Crippen molar-refractivity contribution < 1.29 is 9.59 Å². The summed E-state index contributed by atoms with van der Waals surface area (Å²) < 4.78 is 0. The van der Waals surface area contributed by atoms with Crippen LogP contribution in [0.4, 0.5) is 0 Å². The molecule has 1 aromatic carbocycles. The fraction of sp³-hybridized carbons (Fsp3) is 0.353. The average molecular weight is 347 g/mol. The number of carbonyl (C=O) groups is 2. The maximum absolute atomic E-state index is 12.5. The molecule has 126 valence electrons. The van der Waals surface area contributed by atoms with Gasteiger partial charge in [0, 0.05) is 24.5 Å². The molecule has 24 heavy (non-hydrogen) atoms. The standard InChI is InChI=1S/C17H19ClN4O2/c1-2-15(23)19-8-7-16(24)22-9-3-4-14(22)17-20-12-6-5-11(18)10-13(12)21-17/h2,5-6,10,14H,1,3-4,7-9H2,(H,19,23)(H,20,21). The number of hydrogen-bond acceptors (Lipinski definition) is 3. The van der Waals surface area contributed by atoms with Crippen LogP contribution in [0, 0.1) is 0 Å². The zero-order valence-electron chi connectivity index (χ0n) is 13.2. The van der Waals surface area contributed by atoms with Gasteiger partial charge < -0.3 is 15.2 Å². The fourth-order valence-electron chi connectivity index (χ4n) is 3.02. The van der Waals surface area contributed by atoms with Crippen LogP contribution in [0.15, 0.2) is 30.9 Å². The number of amides is 2. The van der Waals surface area contributed by atoms with Gasteiger partial charge in [0.05, 0.1) is 17.1 Å². The molecule has 3 rings (SSSR count). The number of nitrogens with one attached hydrogen (secondary N) is 2. The number of rotatable bonds is 5. The second kappa shape index (κ2) is 7.05. The summed E-state index contributed by atoms with van der Waals surface area (Å²) in [6, 6.07) is 5.44. The van der Waals surface area contributed by atoms with Crippen molar-refractivity contribution in [3.8, 4) is 0 Å². The van der Waals surface area contributed by atoms with Crippen molar-refractivity contribution in [3.05, 3.63) is 41.7 Å². The molecule has 2 N–H and O–H groups in total. The van der Waals surface area contributed by atoms with Gasteiger partial charge in [-0.25, -0.2) is 4.98 Å². The predicted octanol–water partition coefficient (Wildman–Crippen LogP) is 2.57. The molecule has 1 saturated heterocycles. The Hall–Kier alpha value is -2.34. The van der Waals surface area contributed by atoms with E-state index in [0.29, 0.717) is 18.1 Å². The van der Waals surface area contributed by atoms with Gasteiger partial charge in [-0.15, -0.1) is 0 Å². The highest BCUT2D eigenvalue weighted by Crippen LogP contribution is 2.32. The van der Waals surface area contributed by atoms with E-state index < -0.39 is 0 Å². The van der Waals surface area contributed by atoms with Gasteiger partial charge in [-0.1, -0.05) is 18.2 Å². The van der Waals surface area contributed by atoms with Gasteiger partial charge in [0.15, 0.2) is 0 Å². The first-order valence-corrected chi connectivity index (χ1v) is 8.31. The quantitative estimate of drug-likeness (QED) is 0.817. The van der Waals surface area contributed by atoms with E-state index in [9.17, 15) is 9.59 Å². The minimum Gasteiger partial charge on any atom is -0.352 e. The van der Waals surface area contributed by atoms with Crippen LogP contribution < -0.4 is 5.32 Å². The van der Waals surface area contributed by atoms with E-state index in [1.165, 1.54) is 6.08 Å². The third-order valence-electron chi connectivity index (χ3n) is 4.17. The molecule has 1 unspecified atom stereocenters. The highest BCUT2D eigenvalue weighted by molar-refractivity contribution is 6.31. The van der Waals surface area contributed by atoms with Gasteiger partial charge in [0.2, 0.25) is 11.8 Å². The summed E-state index contributed by atoms with van der Waals surface area (Å²) in [5.41, 5.74) is 1.71. The third kappa shape index (κ3) is 3.43. The van der Waals surface area contributed by atoms with E-state index in [1.807, 2.05) is 17.0 Å². The SMILES string of the molecule is C=CC(=O)NCCC(=O)N1CCCC1c1nc2ccc(Cl)cc2[nH]1. The molecule has 1 fully saturated rings. The second-order valence-electron chi connectivity index (χ2n) is 5.77. The summed E-state index contributed by atoms with van der Waals surface area (Å²) in [6.45, 7) is 4.40. The van der Waals surface area contributed by atoms with E-state index >= 15 is 0 Å². The van der Waals surface area contributed by atoms with Gasteiger partial charge in [-0.2, -0.15) is 0 Å². The summed E-state index contributed by atoms with van der Waals surface area (Å²) in [6.07, 6.45) is 3.27. The molecule has 7 heteroatoms. The average Bonchev–Trinajstić information content (AvgIpc) is 3.20. The lowest BCUT2D eigenvalue weighted by atomic mass is 10.2. The van der Waals surface area contributed by atoms with Crippen LogP contribution in [0.25, 0.3) is 11.0 Å². The van der Waals surface area contributed by atoms with Crippen molar-refractivity contribution in [1.82, 2.24) is 20.2 Å². The molecule has 2 heterocycles. The Bertz CT molecular complexity index is 786. The monoisotopic (exact) mass is 346 g/mol. The number of benzene rings is 1. The molecule has 1 aromatic heterocycles. The van der Waals surface area contributed by atoms with Crippen molar-refractivity contribution >= 4 is 34.4 Å². The number of fused-ring (bicyclic) bond motifs is 1. The van der Waals surface area contributed by atoms with Crippen molar-refractivity contribution in [2.75, 3.05) is 13.1 Å². The zero-order valence-corrected chi connectivity index (χ0v) is 14.0. The highest BCUT2D eigenvalue weighted by atomic mass is 35.5. The molecule has 1 aliphatic heterocycles. The Morgan fingerprint density at radius 3 is 3.12 bits per heavy atom. The summed E-state index contributed by atoms with van der Waals surface area (Å²) >= 11 is 6.01. The number of imidazole rings is 1. The number of H-pyrrole nitrogens is 1. The maximum Gasteiger partial charge on any atom is 0.243 e. The molecule has 0 bridgehead atoms. The molecular weight excluding hydrogens is 328 g/mol. The van der Waals surface area contributed by atoms with Crippen LogP contribution in [0.5, 0.6) is 0 Å². The molecule has 1 atom stereocenters. The number of hydrogen-bond donors (Lipinski definition) is 2. The van der Waals surface area contributed by atoms with Gasteiger partial charge in [0.1, 0.15) is 5.82 Å². The number of halogens is 1. The van der Waals surface area contributed by atoms with Gasteiger partial charge >= 0.3 is 0 Å². The van der Waals surface area contributed by atoms with Crippen molar-refractivity contribution in [1.29, 1.82) is 0 Å². The first-order valence-electron chi connectivity index (χ1n) is 7.93. The van der Waals surface area contributed by atoms with E-state index in [4.69, 9.17) is 11.6 Å². The van der Waals surface area contributed by atoms with E-state index in [0.717, 1.165) is 29.7 Å². The lowest BCUT2D eigenvalue weighted by Gasteiger charge is -2.23. The maximum atomic E-state index is 12.5. The summed E-state index contributed by atoms with van der Waals surface area (Å²) in [5, 5.41) is 3.27. The molecule has 2 aromatic rings. The Morgan fingerprint density at radius 2 is 2.33 bits per heavy atom. The highest BCUT2D eigenvalue weighted by Gasteiger charge is 2.31. The molecule has 0 aliphatic carbocycles. The lowest BCUT2D eigenvalue weighted by Crippen LogP contribution is -2.34. The van der Waals surface area contributed by atoms with Gasteiger partial charge in [-0.05, 0) is 37.1 Å². The number of likely N-dealkylation sites (tertiary alicyclic amines) is 1. The molecular formula is C17H19ClN4O2. The van der Waals surface area contributed by atoms with Crippen LogP contribution >= 0.6 is 11.6 Å². The first kappa shape index (κ1) is 16.5. The van der Waals surface area contributed by atoms with Crippen LogP contribution in [0.3, 0.4) is 0 Å². The van der Waals surface area contributed by atoms with Crippen molar-refractivity contribution in [2.24, 2.45) is 0 Å². The van der Waals surface area contributed by atoms with E-state index in [-0.39, 0.29) is 24.3 Å². The Kier molecular flexibility index (Phi) is 4.85. The minimum absolute atomic E-state index is 0.0142. The van der Waals surface area contributed by atoms with Crippen LogP contribution in [0.1, 0.15) is 31.1 Å². The molecule has 0 spiro atoms. The van der Waals surface area contributed by atoms with Crippen LogP contribution in [-0.4, -0.2) is 39.8 Å². The summed E-state index contributed by atoms with van der Waals surface area (Å²) in [5.74, 6) is 0.531. The minimum atomic E-state index is -0.269. The normalized spacial score (nSPS) is 17.2. The fourth-order valence-corrected chi connectivity index (χ4v) is 3.19. The third-order valence-corrected chi connectivity index (χ3v) is 4.41. The topological polar surface area (TPSA) is 78.1 Å². The number of nitrogens with zero attached hydrogens (tertiary/aromatic N) is 2. The largest absolute Gasteiger partial charge is 0.352 e. The number of carbonyl (C=O) groups excluding carboxylic acids is 2. The molecule has 0 saturated carbocycles. The number of aromatic amines is 1. The van der Waals surface area contributed by atoms with Crippen molar-refractivity contribution in [2.45, 2.75) is 25.3 Å². The predicted molar refractivity (Wildman–Crippen MR) is 92.6 cm³/mol. The molecule has 0 radical (unpaired) electrons. The molecule has 6 nitrogen and oxygen atoms in total. The molecule has 1 aliphatic rings. The van der Waals surface area contributed by atoms with Gasteiger partial charge in [-0.3, -0.25) is 9.59 Å². The Labute approximate surface area is 144 Å². The van der Waals surface area contributed by atoms with Gasteiger partial charge in [0.25, 0.3) is 0 Å². The summed E-state index contributed by atoms with van der Waals surface area (Å²) in [4.78, 5) is 33.3. The first-order chi connectivity index (χ1) is 11.6. The lowest BCUT2D eigenvalue weighted by molar-refractivity contribution is -0.132. The van der Waals surface area contributed by atoms with E-state index in [1.54, 1.807) is 6.07 Å². The Morgan fingerprint density at radius 1 is 1.50 bits per heavy atom. The van der Waals surface area contributed by atoms with E-state index in [2.05, 4.69) is 21.9 Å². The zero-order chi connectivity index (χ0) is 17.1. The van der Waals surface area contributed by atoms with Crippen LogP contribution in [0.2, 0.25) is 5.02 Å². The second-order valence-corrected chi connectivity index (χ2v) is 6.21. The van der Waals surface area contributed by atoms with Crippen molar-refractivity contribution in [3.63, 3.8) is 0 Å². The molecule has 2 amide bonds. The smallest absolute Gasteiger partial charge is 0.243 e.